The Kier molecular flexibility index (Phi) is 4.35. The molecule has 0 aliphatic heterocycles. The van der Waals surface area contributed by atoms with Crippen molar-refractivity contribution in [2.45, 2.75) is 18.3 Å². The van der Waals surface area contributed by atoms with Crippen LogP contribution in [0.3, 0.4) is 0 Å². The van der Waals surface area contributed by atoms with Gasteiger partial charge in [0, 0.05) is 0 Å². The van der Waals surface area contributed by atoms with Gasteiger partial charge in [-0.1, -0.05) is 42.5 Å². The normalized spacial score (nSPS) is 14.2. The van der Waals surface area contributed by atoms with E-state index in [1.165, 1.54) is 6.20 Å². The van der Waals surface area contributed by atoms with Gasteiger partial charge in [0.15, 0.2) is 0 Å². The van der Waals surface area contributed by atoms with Crippen molar-refractivity contribution in [3.05, 3.63) is 60.8 Å². The smallest absolute Gasteiger partial charge is 0.0891 e. The van der Waals surface area contributed by atoms with Gasteiger partial charge in [-0.25, -0.2) is 0 Å². The van der Waals surface area contributed by atoms with Gasteiger partial charge >= 0.3 is 0 Å². The maximum Gasteiger partial charge on any atom is 0.0891 e. The van der Waals surface area contributed by atoms with Crippen LogP contribution in [0.1, 0.15) is 18.4 Å². The Hall–Kier alpha value is -2.01. The van der Waals surface area contributed by atoms with Crippen LogP contribution in [0.4, 0.5) is 0 Å². The van der Waals surface area contributed by atoms with Crippen molar-refractivity contribution in [1.29, 1.82) is 5.26 Å². The summed E-state index contributed by atoms with van der Waals surface area (Å²) in [6.07, 6.45) is 6.31. The number of nitrogens with zero attached hydrogens (tertiary/aromatic N) is 1. The molecule has 0 saturated carbocycles. The average molecular weight is 212 g/mol. The van der Waals surface area contributed by atoms with Crippen molar-refractivity contribution in [3.63, 3.8) is 0 Å². The molecule has 0 bridgehead atoms. The van der Waals surface area contributed by atoms with Crippen LogP contribution in [-0.2, 0) is 5.41 Å². The van der Waals surface area contributed by atoms with E-state index in [9.17, 15) is 5.26 Å². The Bertz CT molecular complexity index is 400. The van der Waals surface area contributed by atoms with E-state index >= 15 is 0 Å². The Labute approximate surface area is 96.7 Å². The minimum Gasteiger partial charge on any atom is -0.405 e. The summed E-state index contributed by atoms with van der Waals surface area (Å²) < 4.78 is 0. The van der Waals surface area contributed by atoms with Crippen molar-refractivity contribution in [3.8, 4) is 6.07 Å². The fourth-order valence-corrected chi connectivity index (χ4v) is 1.75. The number of benzene rings is 1. The molecule has 1 unspecified atom stereocenters. The molecule has 0 amide bonds. The molecule has 16 heavy (non-hydrogen) atoms. The van der Waals surface area contributed by atoms with Crippen molar-refractivity contribution in [1.82, 2.24) is 0 Å². The molecule has 82 valence electrons. The predicted octanol–water partition coefficient (Wildman–Crippen LogP) is 2.89. The number of nitrogens with two attached hydrogens (primary N) is 1. The van der Waals surface area contributed by atoms with Crippen molar-refractivity contribution in [2.24, 2.45) is 5.73 Å². The maximum absolute atomic E-state index is 9.42. The largest absolute Gasteiger partial charge is 0.405 e. The van der Waals surface area contributed by atoms with Gasteiger partial charge in [0.2, 0.25) is 0 Å². The lowest BCUT2D eigenvalue weighted by Gasteiger charge is -2.24. The lowest BCUT2D eigenvalue weighted by atomic mass is 9.76. The summed E-state index contributed by atoms with van der Waals surface area (Å²) in [7, 11) is 0. The van der Waals surface area contributed by atoms with Gasteiger partial charge in [0.05, 0.1) is 11.5 Å². The predicted molar refractivity (Wildman–Crippen MR) is 66.5 cm³/mol. The van der Waals surface area contributed by atoms with Crippen LogP contribution in [0.15, 0.2) is 55.3 Å². The highest BCUT2D eigenvalue weighted by Crippen LogP contribution is 2.31. The van der Waals surface area contributed by atoms with Crippen LogP contribution in [0, 0.1) is 11.3 Å². The zero-order chi connectivity index (χ0) is 11.9. The van der Waals surface area contributed by atoms with Gasteiger partial charge in [-0.15, -0.1) is 6.58 Å². The molecule has 1 rings (SSSR count). The molecule has 0 spiro atoms. The summed E-state index contributed by atoms with van der Waals surface area (Å²) in [5, 5.41) is 9.42. The lowest BCUT2D eigenvalue weighted by molar-refractivity contribution is 0.565. The van der Waals surface area contributed by atoms with Gasteiger partial charge in [-0.3, -0.25) is 0 Å². The van der Waals surface area contributed by atoms with Gasteiger partial charge in [-0.05, 0) is 24.6 Å². The molecule has 0 saturated heterocycles. The number of nitriles is 1. The highest BCUT2D eigenvalue weighted by atomic mass is 14.5. The van der Waals surface area contributed by atoms with E-state index in [0.717, 1.165) is 5.56 Å². The van der Waals surface area contributed by atoms with Gasteiger partial charge in [0.1, 0.15) is 0 Å². The molecular formula is C14H16N2. The van der Waals surface area contributed by atoms with Gasteiger partial charge in [0.25, 0.3) is 0 Å². The van der Waals surface area contributed by atoms with E-state index < -0.39 is 5.41 Å². The first-order chi connectivity index (χ1) is 7.79. The summed E-state index contributed by atoms with van der Waals surface area (Å²) in [5.41, 5.74) is 5.82. The molecule has 1 atom stereocenters. The molecule has 0 aliphatic rings. The Morgan fingerprint density at radius 3 is 2.50 bits per heavy atom. The van der Waals surface area contributed by atoms with Crippen LogP contribution in [-0.4, -0.2) is 0 Å². The summed E-state index contributed by atoms with van der Waals surface area (Å²) in [5.74, 6) is 0. The Balaban J connectivity index is 3.12. The third kappa shape index (κ3) is 2.52. The number of hydrogen-bond donors (Lipinski definition) is 1. The molecule has 2 N–H and O–H groups in total. The Morgan fingerprint density at radius 2 is 2.00 bits per heavy atom. The van der Waals surface area contributed by atoms with Crippen LogP contribution in [0.2, 0.25) is 0 Å². The first-order valence-electron chi connectivity index (χ1n) is 5.23. The SMILES string of the molecule is C=CCC(C#N)(CC=CN)c1ccccc1. The molecule has 2 nitrogen and oxygen atoms in total. The highest BCUT2D eigenvalue weighted by molar-refractivity contribution is 5.34. The summed E-state index contributed by atoms with van der Waals surface area (Å²) in [6.45, 7) is 3.72. The summed E-state index contributed by atoms with van der Waals surface area (Å²) in [6, 6.07) is 12.2. The topological polar surface area (TPSA) is 49.8 Å². The molecule has 0 fully saturated rings. The van der Waals surface area contributed by atoms with Crippen molar-refractivity contribution < 1.29 is 0 Å². The molecule has 0 heterocycles. The average Bonchev–Trinajstić information content (AvgIpc) is 2.36. The molecule has 0 radical (unpaired) electrons. The quantitative estimate of drug-likeness (QED) is 0.763. The van der Waals surface area contributed by atoms with E-state index in [-0.39, 0.29) is 0 Å². The molecule has 0 aromatic heterocycles. The van der Waals surface area contributed by atoms with Crippen molar-refractivity contribution in [2.75, 3.05) is 0 Å². The number of hydrogen-bond acceptors (Lipinski definition) is 2. The fourth-order valence-electron chi connectivity index (χ4n) is 1.75. The lowest BCUT2D eigenvalue weighted by Crippen LogP contribution is -2.22. The highest BCUT2D eigenvalue weighted by Gasteiger charge is 2.29. The molecule has 0 aliphatic carbocycles. The first kappa shape index (κ1) is 12.1. The van der Waals surface area contributed by atoms with Gasteiger partial charge in [-0.2, -0.15) is 5.26 Å². The standard InChI is InChI=1S/C14H16N2/c1-2-9-14(12-16,10-6-11-15)13-7-4-3-5-8-13/h2-8,11H,1,9-10,15H2. The molecular weight excluding hydrogens is 196 g/mol. The van der Waals surface area contributed by atoms with Gasteiger partial charge < -0.3 is 5.73 Å². The number of allylic oxidation sites excluding steroid dienone is 2. The molecule has 1 aromatic rings. The van der Waals surface area contributed by atoms with Crippen LogP contribution in [0.5, 0.6) is 0 Å². The minimum atomic E-state index is -0.543. The van der Waals surface area contributed by atoms with Crippen LogP contribution in [0.25, 0.3) is 0 Å². The second-order valence-corrected chi connectivity index (χ2v) is 3.69. The minimum absolute atomic E-state index is 0.543. The Morgan fingerprint density at radius 1 is 1.31 bits per heavy atom. The van der Waals surface area contributed by atoms with E-state index in [1.54, 1.807) is 6.08 Å². The van der Waals surface area contributed by atoms with Crippen molar-refractivity contribution >= 4 is 0 Å². The second-order valence-electron chi connectivity index (χ2n) is 3.69. The second kappa shape index (κ2) is 5.77. The first-order valence-corrected chi connectivity index (χ1v) is 5.23. The summed E-state index contributed by atoms with van der Waals surface area (Å²) >= 11 is 0. The zero-order valence-electron chi connectivity index (χ0n) is 9.26. The van der Waals surface area contributed by atoms with E-state index in [0.29, 0.717) is 12.8 Å². The third-order valence-electron chi connectivity index (χ3n) is 2.64. The molecule has 2 heteroatoms. The van der Waals surface area contributed by atoms with Crippen LogP contribution >= 0.6 is 0 Å². The monoisotopic (exact) mass is 212 g/mol. The van der Waals surface area contributed by atoms with E-state index in [4.69, 9.17) is 5.73 Å². The third-order valence-corrected chi connectivity index (χ3v) is 2.64. The summed E-state index contributed by atoms with van der Waals surface area (Å²) in [4.78, 5) is 0. The molecule has 1 aromatic carbocycles. The maximum atomic E-state index is 9.42. The zero-order valence-corrected chi connectivity index (χ0v) is 9.26. The fraction of sp³-hybridized carbons (Fsp3) is 0.214. The van der Waals surface area contributed by atoms with Crippen LogP contribution < -0.4 is 5.73 Å². The number of rotatable bonds is 5. The van der Waals surface area contributed by atoms with E-state index in [2.05, 4.69) is 12.6 Å². The van der Waals surface area contributed by atoms with E-state index in [1.807, 2.05) is 36.4 Å².